The Labute approximate surface area is 163 Å². The van der Waals surface area contributed by atoms with Crippen LogP contribution >= 0.6 is 0 Å². The van der Waals surface area contributed by atoms with Gasteiger partial charge in [0.1, 0.15) is 11.4 Å². The van der Waals surface area contributed by atoms with Crippen molar-refractivity contribution in [3.8, 4) is 5.75 Å². The molecule has 0 aliphatic rings. The number of para-hydroxylation sites is 2. The molecule has 0 fully saturated rings. The molecule has 5 nitrogen and oxygen atoms in total. The average molecular weight is 371 g/mol. The Morgan fingerprint density at radius 1 is 1.00 bits per heavy atom. The predicted octanol–water partition coefficient (Wildman–Crippen LogP) is 4.58. The van der Waals surface area contributed by atoms with Gasteiger partial charge in [0, 0.05) is 11.9 Å². The van der Waals surface area contributed by atoms with E-state index in [2.05, 4.69) is 4.98 Å². The van der Waals surface area contributed by atoms with Crippen LogP contribution in [-0.2, 0) is 6.54 Å². The highest BCUT2D eigenvalue weighted by atomic mass is 16.5. The molecular weight excluding hydrogens is 350 g/mol. The molecule has 0 aliphatic carbocycles. The molecule has 1 amide bonds. The van der Waals surface area contributed by atoms with Crippen molar-refractivity contribution in [1.82, 2.24) is 9.38 Å². The molecule has 5 heteroatoms. The van der Waals surface area contributed by atoms with Gasteiger partial charge in [-0.3, -0.25) is 4.79 Å². The summed E-state index contributed by atoms with van der Waals surface area (Å²) in [4.78, 5) is 19.7. The third-order valence-electron chi connectivity index (χ3n) is 4.54. The van der Waals surface area contributed by atoms with Crippen LogP contribution in [-0.4, -0.2) is 21.9 Å². The fraction of sp³-hybridized carbons (Fsp3) is 0.130. The van der Waals surface area contributed by atoms with E-state index in [1.807, 2.05) is 90.4 Å². The Bertz CT molecular complexity index is 1090. The molecule has 2 aromatic carbocycles. The van der Waals surface area contributed by atoms with E-state index in [1.165, 1.54) is 0 Å². The summed E-state index contributed by atoms with van der Waals surface area (Å²) in [5.41, 5.74) is 3.15. The average Bonchev–Trinajstić information content (AvgIpc) is 3.16. The monoisotopic (exact) mass is 371 g/mol. The molecule has 4 aromatic rings. The molecule has 0 bridgehead atoms. The Morgan fingerprint density at radius 3 is 2.57 bits per heavy atom. The lowest BCUT2D eigenvalue weighted by molar-refractivity contribution is 0.0981. The number of fused-ring (bicyclic) bond motifs is 1. The number of benzene rings is 2. The maximum atomic E-state index is 13.5. The summed E-state index contributed by atoms with van der Waals surface area (Å²) in [5.74, 6) is 0.482. The normalized spacial score (nSPS) is 10.8. The summed E-state index contributed by atoms with van der Waals surface area (Å²) < 4.78 is 7.68. The van der Waals surface area contributed by atoms with Crippen molar-refractivity contribution < 1.29 is 9.53 Å². The number of pyridine rings is 1. The van der Waals surface area contributed by atoms with Crippen molar-refractivity contribution in [1.29, 1.82) is 0 Å². The van der Waals surface area contributed by atoms with Gasteiger partial charge in [0.05, 0.1) is 30.6 Å². The fourth-order valence-electron chi connectivity index (χ4n) is 3.22. The van der Waals surface area contributed by atoms with Crippen LogP contribution in [0, 0.1) is 0 Å². The van der Waals surface area contributed by atoms with E-state index in [0.717, 1.165) is 17.0 Å². The SMILES string of the molecule is CCOc1ccccc1C(=O)N(Cc1cnc2ccccn12)c1ccccc1. The molecule has 0 atom stereocenters. The number of hydrogen-bond donors (Lipinski definition) is 0. The molecule has 28 heavy (non-hydrogen) atoms. The van der Waals surface area contributed by atoms with E-state index in [1.54, 1.807) is 11.0 Å². The van der Waals surface area contributed by atoms with Crippen molar-refractivity contribution >= 4 is 17.2 Å². The van der Waals surface area contributed by atoms with Gasteiger partial charge in [-0.1, -0.05) is 36.4 Å². The smallest absolute Gasteiger partial charge is 0.262 e. The summed E-state index contributed by atoms with van der Waals surface area (Å²) in [6, 6.07) is 22.9. The van der Waals surface area contributed by atoms with Crippen LogP contribution in [0.5, 0.6) is 5.75 Å². The number of anilines is 1. The standard InChI is InChI=1S/C23H21N3O2/c1-2-28-21-13-7-6-12-20(21)23(27)26(18-10-4-3-5-11-18)17-19-16-24-22-14-8-9-15-25(19)22/h3-16H,2,17H2,1H3. The summed E-state index contributed by atoms with van der Waals surface area (Å²) in [7, 11) is 0. The van der Waals surface area contributed by atoms with Gasteiger partial charge >= 0.3 is 0 Å². The molecule has 0 unspecified atom stereocenters. The highest BCUT2D eigenvalue weighted by molar-refractivity contribution is 6.07. The van der Waals surface area contributed by atoms with E-state index < -0.39 is 0 Å². The van der Waals surface area contributed by atoms with Crippen molar-refractivity contribution in [2.45, 2.75) is 13.5 Å². The number of carbonyl (C=O) groups is 1. The molecule has 140 valence electrons. The third kappa shape index (κ3) is 3.47. The Hall–Kier alpha value is -3.60. The number of nitrogens with zero attached hydrogens (tertiary/aromatic N) is 3. The van der Waals surface area contributed by atoms with Gasteiger partial charge in [0.2, 0.25) is 0 Å². The topological polar surface area (TPSA) is 46.8 Å². The van der Waals surface area contributed by atoms with Crippen LogP contribution in [0.4, 0.5) is 5.69 Å². The summed E-state index contributed by atoms with van der Waals surface area (Å²) >= 11 is 0. The second kappa shape index (κ2) is 7.96. The minimum atomic E-state index is -0.110. The Kier molecular flexibility index (Phi) is 5.06. The van der Waals surface area contributed by atoms with Gasteiger partial charge in [-0.25, -0.2) is 4.98 Å². The van der Waals surface area contributed by atoms with E-state index in [0.29, 0.717) is 24.5 Å². The summed E-state index contributed by atoms with van der Waals surface area (Å²) in [6.07, 6.45) is 3.77. The number of ether oxygens (including phenoxy) is 1. The molecule has 4 rings (SSSR count). The van der Waals surface area contributed by atoms with Gasteiger partial charge in [-0.2, -0.15) is 0 Å². The Balaban J connectivity index is 1.75. The maximum absolute atomic E-state index is 13.5. The van der Waals surface area contributed by atoms with Gasteiger partial charge in [-0.15, -0.1) is 0 Å². The van der Waals surface area contributed by atoms with Crippen molar-refractivity contribution in [3.63, 3.8) is 0 Å². The van der Waals surface area contributed by atoms with Crippen LogP contribution in [0.15, 0.2) is 85.2 Å². The first kappa shape index (κ1) is 17.8. The quantitative estimate of drug-likeness (QED) is 0.498. The molecule has 2 aromatic heterocycles. The van der Waals surface area contributed by atoms with E-state index in [4.69, 9.17) is 4.74 Å². The first-order valence-electron chi connectivity index (χ1n) is 9.27. The van der Waals surface area contributed by atoms with Crippen LogP contribution in [0.3, 0.4) is 0 Å². The van der Waals surface area contributed by atoms with Gasteiger partial charge in [0.25, 0.3) is 5.91 Å². The number of amides is 1. The van der Waals surface area contributed by atoms with Crippen molar-refractivity contribution in [2.75, 3.05) is 11.5 Å². The molecule has 0 N–H and O–H groups in total. The zero-order valence-electron chi connectivity index (χ0n) is 15.7. The molecule has 0 saturated heterocycles. The van der Waals surface area contributed by atoms with Crippen molar-refractivity contribution in [2.24, 2.45) is 0 Å². The summed E-state index contributed by atoms with van der Waals surface area (Å²) in [5, 5.41) is 0. The van der Waals surface area contributed by atoms with Gasteiger partial charge in [0.15, 0.2) is 0 Å². The Morgan fingerprint density at radius 2 is 1.75 bits per heavy atom. The lowest BCUT2D eigenvalue weighted by Crippen LogP contribution is -2.31. The summed E-state index contributed by atoms with van der Waals surface area (Å²) in [6.45, 7) is 2.81. The lowest BCUT2D eigenvalue weighted by atomic mass is 10.1. The maximum Gasteiger partial charge on any atom is 0.262 e. The number of aromatic nitrogens is 2. The van der Waals surface area contributed by atoms with Crippen LogP contribution in [0.25, 0.3) is 5.65 Å². The number of carbonyl (C=O) groups excluding carboxylic acids is 1. The molecule has 0 saturated carbocycles. The highest BCUT2D eigenvalue weighted by Gasteiger charge is 2.22. The highest BCUT2D eigenvalue weighted by Crippen LogP contribution is 2.25. The molecule has 0 aliphatic heterocycles. The molecule has 0 spiro atoms. The van der Waals surface area contributed by atoms with Crippen molar-refractivity contribution in [3.05, 3.63) is 96.4 Å². The predicted molar refractivity (Wildman–Crippen MR) is 110 cm³/mol. The second-order valence-electron chi connectivity index (χ2n) is 6.33. The number of imidazole rings is 1. The van der Waals surface area contributed by atoms with Crippen LogP contribution < -0.4 is 9.64 Å². The van der Waals surface area contributed by atoms with E-state index in [-0.39, 0.29) is 5.91 Å². The van der Waals surface area contributed by atoms with Crippen LogP contribution in [0.1, 0.15) is 23.0 Å². The number of rotatable bonds is 6. The lowest BCUT2D eigenvalue weighted by Gasteiger charge is -2.24. The first-order valence-corrected chi connectivity index (χ1v) is 9.27. The molecule has 2 heterocycles. The van der Waals surface area contributed by atoms with Gasteiger partial charge < -0.3 is 14.0 Å². The first-order chi connectivity index (χ1) is 13.8. The minimum Gasteiger partial charge on any atom is -0.493 e. The number of hydrogen-bond acceptors (Lipinski definition) is 3. The fourth-order valence-corrected chi connectivity index (χ4v) is 3.22. The molecular formula is C23H21N3O2. The zero-order valence-corrected chi connectivity index (χ0v) is 15.7. The third-order valence-corrected chi connectivity index (χ3v) is 4.54. The molecule has 0 radical (unpaired) electrons. The van der Waals surface area contributed by atoms with E-state index in [9.17, 15) is 4.79 Å². The zero-order chi connectivity index (χ0) is 19.3. The minimum absolute atomic E-state index is 0.110. The van der Waals surface area contributed by atoms with Gasteiger partial charge in [-0.05, 0) is 43.3 Å². The second-order valence-corrected chi connectivity index (χ2v) is 6.33. The van der Waals surface area contributed by atoms with Crippen LogP contribution in [0.2, 0.25) is 0 Å². The largest absolute Gasteiger partial charge is 0.493 e. The van der Waals surface area contributed by atoms with E-state index >= 15 is 0 Å².